The van der Waals surface area contributed by atoms with Gasteiger partial charge in [-0.05, 0) is 96.5 Å². The zero-order valence-electron chi connectivity index (χ0n) is 28.5. The smallest absolute Gasteiger partial charge is 0.334 e. The molecule has 0 aromatic heterocycles. The first-order valence-corrected chi connectivity index (χ1v) is 18.7. The van der Waals surface area contributed by atoms with Crippen LogP contribution in [-0.2, 0) is 19.0 Å². The molecule has 4 N–H and O–H groups in total. The summed E-state index contributed by atoms with van der Waals surface area (Å²) in [7, 11) is 0. The summed E-state index contributed by atoms with van der Waals surface area (Å²) < 4.78 is 17.4. The molecule has 0 radical (unpaired) electrons. The van der Waals surface area contributed by atoms with Crippen molar-refractivity contribution in [3.8, 4) is 0 Å². The van der Waals surface area contributed by atoms with E-state index in [9.17, 15) is 25.2 Å². The van der Waals surface area contributed by atoms with Gasteiger partial charge in [-0.2, -0.15) is 0 Å². The van der Waals surface area contributed by atoms with Crippen LogP contribution in [0.5, 0.6) is 0 Å². The second-order valence-corrected chi connectivity index (χ2v) is 14.2. The molecule has 2 fully saturated rings. The molecule has 3 aliphatic heterocycles. The Morgan fingerprint density at radius 3 is 1.87 bits per heavy atom. The van der Waals surface area contributed by atoms with Crippen molar-refractivity contribution in [2.24, 2.45) is 0 Å². The standard InChI is InChI=1S/C37H66O8/c1-3-4-5-12-16-29(38)17-14-19-31(39)35-24-25-36(45-35)33(41)22-21-32(40)34-23-20-30(44-34)18-13-10-8-6-7-9-11-15-28-26-27(2)43-37(28)42/h26-27,29-36,38-41H,3-25H2,1-2H3. The van der Waals surface area contributed by atoms with Crippen molar-refractivity contribution in [2.75, 3.05) is 0 Å². The monoisotopic (exact) mass is 638 g/mol. The summed E-state index contributed by atoms with van der Waals surface area (Å²) in [5.41, 5.74) is 0.846. The second-order valence-electron chi connectivity index (χ2n) is 14.2. The Labute approximate surface area is 273 Å². The van der Waals surface area contributed by atoms with Crippen LogP contribution >= 0.6 is 0 Å². The molecular formula is C37H66O8. The molecule has 9 atom stereocenters. The number of rotatable bonds is 25. The van der Waals surface area contributed by atoms with Crippen LogP contribution < -0.4 is 0 Å². The van der Waals surface area contributed by atoms with Gasteiger partial charge in [-0.25, -0.2) is 4.79 Å². The highest BCUT2D eigenvalue weighted by Gasteiger charge is 2.36. The first kappa shape index (κ1) is 38.4. The van der Waals surface area contributed by atoms with Crippen LogP contribution in [0.1, 0.15) is 162 Å². The third-order valence-electron chi connectivity index (χ3n) is 10.2. The summed E-state index contributed by atoms with van der Waals surface area (Å²) in [6.07, 6.45) is 21.2. The molecule has 262 valence electrons. The fourth-order valence-corrected chi connectivity index (χ4v) is 7.28. The quantitative estimate of drug-likeness (QED) is 0.0634. The van der Waals surface area contributed by atoms with Crippen molar-refractivity contribution in [1.82, 2.24) is 0 Å². The SMILES string of the molecule is CCCCCCC(O)CCCC(O)C1CCC(C(O)CCC(O)C2CCC(CCCCCCCCCC3=CC(C)OC3=O)O2)O1. The fourth-order valence-electron chi connectivity index (χ4n) is 7.28. The van der Waals surface area contributed by atoms with Crippen molar-refractivity contribution in [3.63, 3.8) is 0 Å². The highest BCUT2D eigenvalue weighted by atomic mass is 16.5. The van der Waals surface area contributed by atoms with Gasteiger partial charge in [0.1, 0.15) is 6.10 Å². The topological polar surface area (TPSA) is 126 Å². The van der Waals surface area contributed by atoms with Gasteiger partial charge in [0.25, 0.3) is 0 Å². The summed E-state index contributed by atoms with van der Waals surface area (Å²) in [5.74, 6) is -0.138. The maximum Gasteiger partial charge on any atom is 0.334 e. The number of ether oxygens (including phenoxy) is 3. The second kappa shape index (κ2) is 21.8. The Morgan fingerprint density at radius 2 is 1.22 bits per heavy atom. The Kier molecular flexibility index (Phi) is 18.6. The molecule has 8 nitrogen and oxygen atoms in total. The van der Waals surface area contributed by atoms with Gasteiger partial charge in [-0.1, -0.05) is 71.1 Å². The number of aliphatic hydroxyl groups is 4. The van der Waals surface area contributed by atoms with E-state index in [4.69, 9.17) is 14.2 Å². The van der Waals surface area contributed by atoms with Crippen LogP contribution in [0.2, 0.25) is 0 Å². The molecule has 3 heterocycles. The first-order valence-electron chi connectivity index (χ1n) is 18.7. The minimum absolute atomic E-state index is 0.0675. The highest BCUT2D eigenvalue weighted by Crippen LogP contribution is 2.31. The lowest BCUT2D eigenvalue weighted by Gasteiger charge is -2.24. The molecule has 2 saturated heterocycles. The lowest BCUT2D eigenvalue weighted by Crippen LogP contribution is -2.33. The van der Waals surface area contributed by atoms with Gasteiger partial charge >= 0.3 is 5.97 Å². The molecule has 0 bridgehead atoms. The number of esters is 1. The number of cyclic esters (lactones) is 1. The summed E-state index contributed by atoms with van der Waals surface area (Å²) in [4.78, 5) is 11.7. The zero-order chi connectivity index (χ0) is 32.4. The third kappa shape index (κ3) is 14.7. The van der Waals surface area contributed by atoms with Crippen LogP contribution in [0.15, 0.2) is 11.6 Å². The van der Waals surface area contributed by atoms with Crippen LogP contribution in [-0.4, -0.2) is 81.3 Å². The molecular weight excluding hydrogens is 572 g/mol. The average molecular weight is 639 g/mol. The number of carbonyl (C=O) groups excluding carboxylic acids is 1. The van der Waals surface area contributed by atoms with Crippen molar-refractivity contribution in [3.05, 3.63) is 11.6 Å². The van der Waals surface area contributed by atoms with Gasteiger partial charge in [0, 0.05) is 5.57 Å². The number of hydrogen-bond acceptors (Lipinski definition) is 8. The van der Waals surface area contributed by atoms with Crippen LogP contribution in [0.4, 0.5) is 0 Å². The molecule has 45 heavy (non-hydrogen) atoms. The van der Waals surface area contributed by atoms with Gasteiger partial charge in [0.05, 0.1) is 48.8 Å². The van der Waals surface area contributed by atoms with Gasteiger partial charge in [0.15, 0.2) is 0 Å². The van der Waals surface area contributed by atoms with Crippen LogP contribution in [0.25, 0.3) is 0 Å². The van der Waals surface area contributed by atoms with E-state index >= 15 is 0 Å². The highest BCUT2D eigenvalue weighted by molar-refractivity contribution is 5.90. The lowest BCUT2D eigenvalue weighted by molar-refractivity contribution is -0.139. The molecule has 0 aromatic rings. The maximum atomic E-state index is 11.7. The molecule has 9 unspecified atom stereocenters. The number of carbonyl (C=O) groups is 1. The van der Waals surface area contributed by atoms with Crippen LogP contribution in [0.3, 0.4) is 0 Å². The maximum absolute atomic E-state index is 11.7. The summed E-state index contributed by atoms with van der Waals surface area (Å²) >= 11 is 0. The lowest BCUT2D eigenvalue weighted by atomic mass is 9.98. The van der Waals surface area contributed by atoms with Crippen molar-refractivity contribution >= 4 is 5.97 Å². The molecule has 0 spiro atoms. The average Bonchev–Trinajstić information content (AvgIpc) is 3.77. The predicted molar refractivity (Wildman–Crippen MR) is 177 cm³/mol. The minimum atomic E-state index is -0.654. The van der Waals surface area contributed by atoms with E-state index in [2.05, 4.69) is 6.92 Å². The Hall–Kier alpha value is -1.03. The Balaban J connectivity index is 1.16. The molecule has 3 rings (SSSR count). The van der Waals surface area contributed by atoms with E-state index in [1.165, 1.54) is 44.9 Å². The molecule has 3 aliphatic rings. The Bertz CT molecular complexity index is 833. The summed E-state index contributed by atoms with van der Waals surface area (Å²) in [6.45, 7) is 4.09. The number of aliphatic hydroxyl groups excluding tert-OH is 4. The summed E-state index contributed by atoms with van der Waals surface area (Å²) in [6, 6.07) is 0. The Morgan fingerprint density at radius 1 is 0.667 bits per heavy atom. The van der Waals surface area contributed by atoms with E-state index in [-0.39, 0.29) is 42.6 Å². The van der Waals surface area contributed by atoms with Crippen molar-refractivity contribution < 1.29 is 39.4 Å². The van der Waals surface area contributed by atoms with Gasteiger partial charge < -0.3 is 34.6 Å². The molecule has 0 saturated carbocycles. The minimum Gasteiger partial charge on any atom is -0.455 e. The van der Waals surface area contributed by atoms with Crippen molar-refractivity contribution in [1.29, 1.82) is 0 Å². The molecule has 8 heteroatoms. The van der Waals surface area contributed by atoms with Gasteiger partial charge in [0.2, 0.25) is 0 Å². The van der Waals surface area contributed by atoms with Gasteiger partial charge in [-0.3, -0.25) is 0 Å². The molecule has 0 aliphatic carbocycles. The van der Waals surface area contributed by atoms with Gasteiger partial charge in [-0.15, -0.1) is 0 Å². The first-order chi connectivity index (χ1) is 21.8. The van der Waals surface area contributed by atoms with E-state index in [0.29, 0.717) is 25.7 Å². The number of unbranched alkanes of at least 4 members (excludes halogenated alkanes) is 9. The summed E-state index contributed by atoms with van der Waals surface area (Å²) in [5, 5.41) is 42.3. The predicted octanol–water partition coefficient (Wildman–Crippen LogP) is 6.83. The third-order valence-corrected chi connectivity index (χ3v) is 10.2. The largest absolute Gasteiger partial charge is 0.455 e. The van der Waals surface area contributed by atoms with E-state index in [0.717, 1.165) is 82.6 Å². The molecule has 0 aromatic carbocycles. The van der Waals surface area contributed by atoms with E-state index in [1.54, 1.807) is 0 Å². The molecule has 0 amide bonds. The van der Waals surface area contributed by atoms with Crippen molar-refractivity contribution in [2.45, 2.75) is 216 Å². The van der Waals surface area contributed by atoms with Crippen LogP contribution in [0, 0.1) is 0 Å². The fraction of sp³-hybridized carbons (Fsp3) is 0.919. The number of hydrogen-bond donors (Lipinski definition) is 4. The van der Waals surface area contributed by atoms with E-state index in [1.807, 2.05) is 13.0 Å². The zero-order valence-corrected chi connectivity index (χ0v) is 28.5. The van der Waals surface area contributed by atoms with E-state index < -0.39 is 18.3 Å². The normalized spacial score (nSPS) is 27.8.